The predicted octanol–water partition coefficient (Wildman–Crippen LogP) is 1.43. The Morgan fingerprint density at radius 2 is 2.07 bits per heavy atom. The van der Waals surface area contributed by atoms with Gasteiger partial charge in [-0.25, -0.2) is 4.39 Å². The minimum absolute atomic E-state index is 0.311. The van der Waals surface area contributed by atoms with Crippen LogP contribution in [0.1, 0.15) is 12.5 Å². The molecule has 0 aliphatic carbocycles. The summed E-state index contributed by atoms with van der Waals surface area (Å²) in [5.41, 5.74) is 0.810. The zero-order chi connectivity index (χ0) is 11.3. The molecule has 1 aromatic rings. The molecular formula is C11H14FNO2. The predicted molar refractivity (Wildman–Crippen MR) is 55.2 cm³/mol. The van der Waals surface area contributed by atoms with Crippen molar-refractivity contribution in [3.63, 3.8) is 0 Å². The maximum Gasteiger partial charge on any atom is 0.321 e. The second kappa shape index (κ2) is 5.46. The minimum Gasteiger partial charge on any atom is -0.480 e. The molecule has 0 bridgehead atoms. The monoisotopic (exact) mass is 211 g/mol. The lowest BCUT2D eigenvalue weighted by Gasteiger charge is -2.12. The molecule has 82 valence electrons. The Labute approximate surface area is 87.9 Å². The van der Waals surface area contributed by atoms with Crippen LogP contribution in [-0.2, 0) is 11.2 Å². The van der Waals surface area contributed by atoms with E-state index in [1.54, 1.807) is 12.1 Å². The first-order valence-corrected chi connectivity index (χ1v) is 4.84. The summed E-state index contributed by atoms with van der Waals surface area (Å²) < 4.78 is 12.6. The maximum absolute atomic E-state index is 12.6. The average Bonchev–Trinajstić information content (AvgIpc) is 2.20. The molecule has 0 amide bonds. The Morgan fingerprint density at radius 1 is 1.47 bits per heavy atom. The summed E-state index contributed by atoms with van der Waals surface area (Å²) in [6, 6.07) is 5.26. The van der Waals surface area contributed by atoms with Crippen molar-refractivity contribution >= 4 is 5.97 Å². The van der Waals surface area contributed by atoms with E-state index in [4.69, 9.17) is 5.11 Å². The fourth-order valence-electron chi connectivity index (χ4n) is 1.35. The molecule has 1 unspecified atom stereocenters. The highest BCUT2D eigenvalue weighted by Crippen LogP contribution is 2.06. The van der Waals surface area contributed by atoms with Crippen molar-refractivity contribution in [2.45, 2.75) is 19.4 Å². The van der Waals surface area contributed by atoms with E-state index in [0.717, 1.165) is 5.56 Å². The van der Waals surface area contributed by atoms with E-state index < -0.39 is 12.0 Å². The summed E-state index contributed by atoms with van der Waals surface area (Å²) >= 11 is 0. The van der Waals surface area contributed by atoms with Gasteiger partial charge in [-0.05, 0) is 30.7 Å². The highest BCUT2D eigenvalue weighted by molar-refractivity contribution is 5.73. The van der Waals surface area contributed by atoms with Gasteiger partial charge >= 0.3 is 5.97 Å². The van der Waals surface area contributed by atoms with E-state index in [2.05, 4.69) is 5.32 Å². The van der Waals surface area contributed by atoms with Gasteiger partial charge in [-0.1, -0.05) is 19.1 Å². The Hall–Kier alpha value is -1.42. The number of rotatable bonds is 5. The van der Waals surface area contributed by atoms with Gasteiger partial charge in [0.2, 0.25) is 0 Å². The zero-order valence-corrected chi connectivity index (χ0v) is 8.53. The molecule has 0 aliphatic heterocycles. The van der Waals surface area contributed by atoms with Gasteiger partial charge in [-0.15, -0.1) is 0 Å². The number of halogens is 1. The summed E-state index contributed by atoms with van der Waals surface area (Å²) in [5.74, 6) is -1.20. The van der Waals surface area contributed by atoms with E-state index in [1.807, 2.05) is 6.92 Å². The molecule has 0 spiro atoms. The quantitative estimate of drug-likeness (QED) is 0.774. The molecule has 0 fully saturated rings. The number of carboxylic acid groups (broad SMARTS) is 1. The van der Waals surface area contributed by atoms with Crippen LogP contribution in [0, 0.1) is 5.82 Å². The van der Waals surface area contributed by atoms with Crippen LogP contribution in [0.4, 0.5) is 4.39 Å². The minimum atomic E-state index is -0.888. The standard InChI is InChI=1S/C11H14FNO2/c1-2-13-10(11(14)15)7-8-3-5-9(12)6-4-8/h3-6,10,13H,2,7H2,1H3,(H,14,15). The third-order valence-electron chi connectivity index (χ3n) is 2.10. The van der Waals surface area contributed by atoms with Crippen LogP contribution < -0.4 is 5.32 Å². The van der Waals surface area contributed by atoms with Crippen LogP contribution >= 0.6 is 0 Å². The molecule has 1 rings (SSSR count). The van der Waals surface area contributed by atoms with Gasteiger partial charge in [0, 0.05) is 0 Å². The van der Waals surface area contributed by atoms with Crippen molar-refractivity contribution in [2.75, 3.05) is 6.54 Å². The summed E-state index contributed by atoms with van der Waals surface area (Å²) in [4.78, 5) is 10.8. The fraction of sp³-hybridized carbons (Fsp3) is 0.364. The first-order chi connectivity index (χ1) is 7.13. The third kappa shape index (κ3) is 3.67. The van der Waals surface area contributed by atoms with Gasteiger partial charge in [0.25, 0.3) is 0 Å². The Bertz CT molecular complexity index is 324. The zero-order valence-electron chi connectivity index (χ0n) is 8.53. The third-order valence-corrected chi connectivity index (χ3v) is 2.10. The fourth-order valence-corrected chi connectivity index (χ4v) is 1.35. The highest BCUT2D eigenvalue weighted by Gasteiger charge is 2.15. The second-order valence-corrected chi connectivity index (χ2v) is 3.28. The molecule has 0 saturated carbocycles. The molecule has 3 nitrogen and oxygen atoms in total. The number of likely N-dealkylation sites (N-methyl/N-ethyl adjacent to an activating group) is 1. The summed E-state index contributed by atoms with van der Waals surface area (Å²) in [6.45, 7) is 2.44. The number of benzene rings is 1. The molecule has 0 saturated heterocycles. The van der Waals surface area contributed by atoms with Gasteiger partial charge in [0.1, 0.15) is 11.9 Å². The van der Waals surface area contributed by atoms with Crippen LogP contribution in [0.3, 0.4) is 0 Å². The summed E-state index contributed by atoms with van der Waals surface area (Å²) in [7, 11) is 0. The molecule has 0 aliphatic rings. The number of nitrogens with one attached hydrogen (secondary N) is 1. The topological polar surface area (TPSA) is 49.3 Å². The molecule has 15 heavy (non-hydrogen) atoms. The van der Waals surface area contributed by atoms with E-state index in [-0.39, 0.29) is 5.82 Å². The smallest absolute Gasteiger partial charge is 0.321 e. The first-order valence-electron chi connectivity index (χ1n) is 4.84. The van der Waals surface area contributed by atoms with Crippen molar-refractivity contribution < 1.29 is 14.3 Å². The van der Waals surface area contributed by atoms with Crippen LogP contribution in [0.15, 0.2) is 24.3 Å². The van der Waals surface area contributed by atoms with E-state index in [1.165, 1.54) is 12.1 Å². The number of aliphatic carboxylic acids is 1. The van der Waals surface area contributed by atoms with Crippen LogP contribution in [0.5, 0.6) is 0 Å². The van der Waals surface area contributed by atoms with Crippen molar-refractivity contribution in [3.05, 3.63) is 35.6 Å². The Kier molecular flexibility index (Phi) is 4.24. The SMILES string of the molecule is CCNC(Cc1ccc(F)cc1)C(=O)O. The van der Waals surface area contributed by atoms with Crippen molar-refractivity contribution in [1.82, 2.24) is 5.32 Å². The number of carbonyl (C=O) groups is 1. The molecule has 4 heteroatoms. The van der Waals surface area contributed by atoms with Crippen LogP contribution in [-0.4, -0.2) is 23.7 Å². The molecular weight excluding hydrogens is 197 g/mol. The van der Waals surface area contributed by atoms with Crippen molar-refractivity contribution in [2.24, 2.45) is 0 Å². The van der Waals surface area contributed by atoms with E-state index in [0.29, 0.717) is 13.0 Å². The number of carboxylic acids is 1. The Balaban J connectivity index is 2.65. The first kappa shape index (κ1) is 11.7. The van der Waals surface area contributed by atoms with Gasteiger partial charge in [-0.3, -0.25) is 4.79 Å². The van der Waals surface area contributed by atoms with Gasteiger partial charge in [-0.2, -0.15) is 0 Å². The van der Waals surface area contributed by atoms with Gasteiger partial charge in [0.05, 0.1) is 0 Å². The van der Waals surface area contributed by atoms with Gasteiger partial charge in [0.15, 0.2) is 0 Å². The van der Waals surface area contributed by atoms with Crippen molar-refractivity contribution in [1.29, 1.82) is 0 Å². The van der Waals surface area contributed by atoms with E-state index >= 15 is 0 Å². The summed E-state index contributed by atoms with van der Waals surface area (Å²) in [5, 5.41) is 11.7. The molecule has 0 heterocycles. The van der Waals surface area contributed by atoms with E-state index in [9.17, 15) is 9.18 Å². The lowest BCUT2D eigenvalue weighted by Crippen LogP contribution is -2.38. The lowest BCUT2D eigenvalue weighted by atomic mass is 10.1. The Morgan fingerprint density at radius 3 is 2.53 bits per heavy atom. The van der Waals surface area contributed by atoms with Crippen LogP contribution in [0.2, 0.25) is 0 Å². The molecule has 0 aromatic heterocycles. The van der Waals surface area contributed by atoms with Crippen LogP contribution in [0.25, 0.3) is 0 Å². The normalized spacial score (nSPS) is 12.4. The maximum atomic E-state index is 12.6. The summed E-state index contributed by atoms with van der Waals surface area (Å²) in [6.07, 6.45) is 0.365. The highest BCUT2D eigenvalue weighted by atomic mass is 19.1. The molecule has 0 radical (unpaired) electrons. The largest absolute Gasteiger partial charge is 0.480 e. The lowest BCUT2D eigenvalue weighted by molar-refractivity contribution is -0.139. The average molecular weight is 211 g/mol. The number of hydrogen-bond acceptors (Lipinski definition) is 2. The van der Waals surface area contributed by atoms with Crippen molar-refractivity contribution in [3.8, 4) is 0 Å². The molecule has 1 aromatic carbocycles. The van der Waals surface area contributed by atoms with Gasteiger partial charge < -0.3 is 10.4 Å². The molecule has 2 N–H and O–H groups in total. The second-order valence-electron chi connectivity index (χ2n) is 3.28. The molecule has 1 atom stereocenters. The number of hydrogen-bond donors (Lipinski definition) is 2.